The lowest BCUT2D eigenvalue weighted by Gasteiger charge is -2.58. The molecule has 4 N–H and O–H groups in total. The van der Waals surface area contributed by atoms with Crippen molar-refractivity contribution in [3.05, 3.63) is 147 Å². The van der Waals surface area contributed by atoms with E-state index in [9.17, 15) is 41.6 Å². The number of nitro benzene ring substituents is 1. The van der Waals surface area contributed by atoms with Gasteiger partial charge in [0.15, 0.2) is 0 Å². The van der Waals surface area contributed by atoms with Gasteiger partial charge in [0, 0.05) is 81.6 Å². The van der Waals surface area contributed by atoms with Crippen LogP contribution in [0, 0.1) is 27.3 Å². The average molecular weight is 1080 g/mol. The maximum Gasteiger partial charge on any atom is 0.416 e. The van der Waals surface area contributed by atoms with E-state index in [1.54, 1.807) is 37.4 Å². The molecule has 20 heteroatoms. The molecule has 2 aliphatic carbocycles. The first-order valence-electron chi connectivity index (χ1n) is 26.4. The molecule has 4 heterocycles. The molecule has 1 atom stereocenters. The van der Waals surface area contributed by atoms with Crippen LogP contribution >= 0.6 is 0 Å². The van der Waals surface area contributed by atoms with Crippen LogP contribution in [-0.2, 0) is 22.7 Å². The number of nitrogens with one attached hydrogen (secondary N) is 3. The van der Waals surface area contributed by atoms with Crippen LogP contribution in [0.1, 0.15) is 117 Å². The Morgan fingerprint density at radius 1 is 0.961 bits per heavy atom. The number of nitrogens with zero attached hydrogens (tertiary/aromatic N) is 5. The number of hydrogen-bond donors (Lipinski definition) is 4. The van der Waals surface area contributed by atoms with Gasteiger partial charge >= 0.3 is 6.18 Å². The second-order valence-electron chi connectivity index (χ2n) is 22.2. The van der Waals surface area contributed by atoms with Gasteiger partial charge in [-0.1, -0.05) is 50.2 Å². The summed E-state index contributed by atoms with van der Waals surface area (Å²) in [7, 11) is -4.75. The van der Waals surface area contributed by atoms with Crippen molar-refractivity contribution in [3.8, 4) is 11.5 Å². The lowest BCUT2D eigenvalue weighted by Crippen LogP contribution is -2.60. The van der Waals surface area contributed by atoms with E-state index in [1.807, 2.05) is 9.62 Å². The summed E-state index contributed by atoms with van der Waals surface area (Å²) in [4.78, 5) is 39.3. The molecule has 6 aromatic rings. The van der Waals surface area contributed by atoms with Gasteiger partial charge < -0.3 is 25.0 Å². The van der Waals surface area contributed by atoms with Crippen molar-refractivity contribution in [2.45, 2.75) is 113 Å². The van der Waals surface area contributed by atoms with Crippen molar-refractivity contribution in [1.82, 2.24) is 24.5 Å². The van der Waals surface area contributed by atoms with Crippen LogP contribution in [-0.4, -0.2) is 95.0 Å². The number of pyridine rings is 1. The number of amides is 1. The van der Waals surface area contributed by atoms with Gasteiger partial charge in [-0.25, -0.2) is 22.5 Å². The second-order valence-corrected chi connectivity index (χ2v) is 23.9. The first-order chi connectivity index (χ1) is 36.6. The number of piperidine rings is 1. The van der Waals surface area contributed by atoms with Gasteiger partial charge in [-0.3, -0.25) is 24.7 Å². The minimum Gasteiger partial charge on any atom is -0.455 e. The number of rotatable bonds is 15. The highest BCUT2D eigenvalue weighted by Gasteiger charge is 2.50. The number of H-pyrrole nitrogens is 1. The van der Waals surface area contributed by atoms with E-state index in [0.717, 1.165) is 94.1 Å². The summed E-state index contributed by atoms with van der Waals surface area (Å²) in [5, 5.41) is 26.3. The fourth-order valence-electron chi connectivity index (χ4n) is 12.0. The standard InChI is InChI=1S/C57H64F4N8O7S/c1-36(2)44-6-4-5-7-45(44)51-35-66(34-38-8-10-40(11-9-38)57(59,60)61)24-25-68(51)41-30-56(31-41)19-22-67(23-20-56)49-29-52(76-42-26-39-16-21-62-53(39)64-33-42)46(28-47(49)58)54(70)65-77(74,75)43-12-13-48(50(27-43)69(72)73)63-32-37-14-17-55(3,71)18-15-37/h4-13,16,21,26-29,33,36-37,41,51,63,71H,14-15,17-20,22-25,30-32,34-35H2,1-3H3,(H,62,64)(H,65,70)/t37?,51-,55?/m0/s1. The molecular formula is C57H64F4N8O7S. The minimum absolute atomic E-state index is 0.0180. The van der Waals surface area contributed by atoms with E-state index in [-0.39, 0.29) is 46.2 Å². The van der Waals surface area contributed by atoms with Crippen molar-refractivity contribution in [2.75, 3.05) is 49.5 Å². The SMILES string of the molecule is CC(C)c1ccccc1[C@@H]1CN(Cc2ccc(C(F)(F)F)cc2)CCN1C1CC2(CCN(c3cc(Oc4cnc5[nH]ccc5c4)c(C(=O)NS(=O)(=O)c4ccc(NCC5CCC(C)(O)CC5)c([N+](=O)[O-])c4)cc3F)CC2)C1. The minimum atomic E-state index is -4.75. The Hall–Kier alpha value is -6.61. The highest BCUT2D eigenvalue weighted by molar-refractivity contribution is 7.90. The first-order valence-corrected chi connectivity index (χ1v) is 27.9. The Bertz CT molecular complexity index is 3250. The highest BCUT2D eigenvalue weighted by Crippen LogP contribution is 2.54. The van der Waals surface area contributed by atoms with Crippen LogP contribution in [0.25, 0.3) is 11.0 Å². The predicted molar refractivity (Wildman–Crippen MR) is 285 cm³/mol. The second kappa shape index (κ2) is 21.3. The maximum atomic E-state index is 16.6. The molecule has 0 unspecified atom stereocenters. The lowest BCUT2D eigenvalue weighted by molar-refractivity contribution is -0.384. The molecule has 2 saturated carbocycles. The summed E-state index contributed by atoms with van der Waals surface area (Å²) in [5.74, 6) is -1.47. The smallest absolute Gasteiger partial charge is 0.416 e. The third-order valence-electron chi connectivity index (χ3n) is 16.5. The zero-order valence-corrected chi connectivity index (χ0v) is 44.1. The number of halogens is 4. The Labute approximate surface area is 445 Å². The summed E-state index contributed by atoms with van der Waals surface area (Å²) in [6.45, 7) is 10.4. The summed E-state index contributed by atoms with van der Waals surface area (Å²) in [6.07, 6.45) is 4.81. The number of aromatic amines is 1. The first kappa shape index (κ1) is 53.8. The van der Waals surface area contributed by atoms with Gasteiger partial charge in [0.05, 0.1) is 38.4 Å². The number of carbonyl (C=O) groups is 1. The number of aliphatic hydroxyl groups is 1. The Kier molecular flexibility index (Phi) is 14.9. The number of aromatic nitrogens is 2. The number of ether oxygens (including phenoxy) is 1. The number of sulfonamides is 1. The molecule has 2 aromatic heterocycles. The number of nitro groups is 1. The molecule has 1 spiro atoms. The average Bonchev–Trinajstić information content (AvgIpc) is 3.91. The number of hydrogen-bond acceptors (Lipinski definition) is 12. The number of carbonyl (C=O) groups excluding carboxylic acids is 1. The van der Waals surface area contributed by atoms with E-state index in [1.165, 1.54) is 29.5 Å². The van der Waals surface area contributed by atoms with E-state index >= 15 is 4.39 Å². The number of fused-ring (bicyclic) bond motifs is 1. The molecule has 408 valence electrons. The number of benzene rings is 4. The molecule has 0 bridgehead atoms. The van der Waals surface area contributed by atoms with Gasteiger partial charge in [-0.2, -0.15) is 13.2 Å². The van der Waals surface area contributed by atoms with Gasteiger partial charge in [-0.05, 0) is 135 Å². The van der Waals surface area contributed by atoms with Gasteiger partial charge in [0.25, 0.3) is 21.6 Å². The normalized spacial score (nSPS) is 21.5. The largest absolute Gasteiger partial charge is 0.455 e. The fourth-order valence-corrected chi connectivity index (χ4v) is 13.0. The van der Waals surface area contributed by atoms with Gasteiger partial charge in [-0.15, -0.1) is 0 Å². The predicted octanol–water partition coefficient (Wildman–Crippen LogP) is 11.3. The van der Waals surface area contributed by atoms with Crippen LogP contribution < -0.4 is 19.7 Å². The van der Waals surface area contributed by atoms with Crippen LogP contribution in [0.2, 0.25) is 0 Å². The topological polar surface area (TPSA) is 186 Å². The van der Waals surface area contributed by atoms with Crippen molar-refractivity contribution >= 4 is 44.0 Å². The maximum absolute atomic E-state index is 16.6. The lowest BCUT2D eigenvalue weighted by atomic mass is 9.59. The molecule has 0 radical (unpaired) electrons. The zero-order valence-electron chi connectivity index (χ0n) is 43.3. The molecule has 4 aromatic carbocycles. The van der Waals surface area contributed by atoms with Gasteiger partial charge in [0.1, 0.15) is 28.7 Å². The highest BCUT2D eigenvalue weighted by atomic mass is 32.2. The van der Waals surface area contributed by atoms with E-state index < -0.39 is 60.2 Å². The quantitative estimate of drug-likeness (QED) is 0.0434. The van der Waals surface area contributed by atoms with Crippen LogP contribution in [0.5, 0.6) is 11.5 Å². The Morgan fingerprint density at radius 3 is 2.39 bits per heavy atom. The van der Waals surface area contributed by atoms with E-state index in [0.29, 0.717) is 56.1 Å². The molecule has 2 aliphatic heterocycles. The van der Waals surface area contributed by atoms with Gasteiger partial charge in [0.2, 0.25) is 0 Å². The fraction of sp³-hybridized carbons (Fsp3) is 0.439. The van der Waals surface area contributed by atoms with Crippen LogP contribution in [0.15, 0.2) is 108 Å². The van der Waals surface area contributed by atoms with Crippen LogP contribution in [0.4, 0.5) is 34.6 Å². The summed E-state index contributed by atoms with van der Waals surface area (Å²) in [5.41, 5.74) is 1.88. The molecule has 15 nitrogen and oxygen atoms in total. The number of anilines is 2. The summed E-state index contributed by atoms with van der Waals surface area (Å²) >= 11 is 0. The van der Waals surface area contributed by atoms with Crippen molar-refractivity contribution in [2.24, 2.45) is 11.3 Å². The Morgan fingerprint density at radius 2 is 1.69 bits per heavy atom. The molecule has 1 amide bonds. The van der Waals surface area contributed by atoms with Crippen molar-refractivity contribution < 1.29 is 45.5 Å². The molecular weight excluding hydrogens is 1020 g/mol. The molecule has 77 heavy (non-hydrogen) atoms. The Balaban J connectivity index is 0.841. The zero-order chi connectivity index (χ0) is 54.4. The summed E-state index contributed by atoms with van der Waals surface area (Å²) < 4.78 is 92.6. The molecule has 4 aliphatic rings. The van der Waals surface area contributed by atoms with Crippen molar-refractivity contribution in [1.29, 1.82) is 0 Å². The third-order valence-corrected chi connectivity index (χ3v) is 17.8. The van der Waals surface area contributed by atoms with E-state index in [4.69, 9.17) is 4.74 Å². The van der Waals surface area contributed by atoms with Crippen molar-refractivity contribution in [3.63, 3.8) is 0 Å². The molecule has 10 rings (SSSR count). The summed E-state index contributed by atoms with van der Waals surface area (Å²) in [6, 6.07) is 23.4. The molecule has 2 saturated heterocycles. The third kappa shape index (κ3) is 11.8. The van der Waals surface area contributed by atoms with E-state index in [2.05, 4.69) is 63.2 Å². The van der Waals surface area contributed by atoms with Crippen LogP contribution in [0.3, 0.4) is 0 Å². The molecule has 4 fully saturated rings. The monoisotopic (exact) mass is 1080 g/mol. The number of alkyl halides is 3. The number of piperazine rings is 1.